The molecule has 3 aliphatic rings. The van der Waals surface area contributed by atoms with Crippen molar-refractivity contribution in [2.45, 2.75) is 392 Å². The summed E-state index contributed by atoms with van der Waals surface area (Å²) in [5.41, 5.74) is 7.73. The molecule has 3 saturated carbocycles. The molecule has 0 atom stereocenters. The molecule has 3 fully saturated rings. The summed E-state index contributed by atoms with van der Waals surface area (Å²) < 4.78 is 113. The third-order valence-electron chi connectivity index (χ3n) is 22.0. The van der Waals surface area contributed by atoms with E-state index in [1.807, 2.05) is 117 Å². The number of rotatable bonds is 25. The van der Waals surface area contributed by atoms with Gasteiger partial charge in [0.1, 0.15) is 23.1 Å². The third kappa shape index (κ3) is 57.5. The summed E-state index contributed by atoms with van der Waals surface area (Å²) in [7, 11) is 3.39. The summed E-state index contributed by atoms with van der Waals surface area (Å²) in [6, 6.07) is 61.0. The summed E-state index contributed by atoms with van der Waals surface area (Å²) in [4.78, 5) is 0. The fourth-order valence-electron chi connectivity index (χ4n) is 14.6. The van der Waals surface area contributed by atoms with Crippen LogP contribution >= 0.6 is 0 Å². The summed E-state index contributed by atoms with van der Waals surface area (Å²) in [6.45, 7) is 64.4. The van der Waals surface area contributed by atoms with E-state index in [4.69, 9.17) is 52.1 Å². The molecule has 9 aromatic rings. The maximum absolute atomic E-state index is 13.1. The minimum Gasteiger partial charge on any atom is -0.497 e. The molecular weight excluding hydrogens is 1670 g/mol. The molecule has 0 aromatic heterocycles. The Morgan fingerprint density at radius 3 is 1.13 bits per heavy atom. The van der Waals surface area contributed by atoms with Crippen LogP contribution in [0.25, 0.3) is 32.3 Å². The maximum atomic E-state index is 13.1. The molecule has 0 radical (unpaired) electrons. The smallest absolute Gasteiger partial charge is 0.248 e. The number of hydrogen-bond acceptors (Lipinski definition) is 11. The fraction of sp³-hybridized carbons (Fsp3) is 0.593. The first-order chi connectivity index (χ1) is 61.9. The van der Waals surface area contributed by atoms with Crippen molar-refractivity contribution in [1.82, 2.24) is 0 Å². The molecule has 12 rings (SSSR count). The van der Waals surface area contributed by atoms with Gasteiger partial charge in [0.25, 0.3) is 0 Å². The SMILES string of the molecule is CC(C)(C)OCCC1CCC(F)(F)CC1.CC(C)(C)OCCC1CCCC1.CC(C)(C)OCCC1CCCCC1.CC(C)(C)OCc1ccc(F)cc1.CC(C)(C)OCc1ccc2ccccc2c1.CC(C)(C)OCc1cccc2cc(F)ccc12.CC(C)(C)OCc1cccc2ccccc12.COc1cccc(CCOC(C)(C)C)c1.COc1cccc(CCOC(C)(C)C)c1C. The van der Waals surface area contributed by atoms with Gasteiger partial charge in [-0.15, -0.1) is 0 Å². The quantitative estimate of drug-likeness (QED) is 0.0511. The number of ether oxygens (including phenoxy) is 11. The van der Waals surface area contributed by atoms with Gasteiger partial charge in [-0.25, -0.2) is 17.6 Å². The van der Waals surface area contributed by atoms with Gasteiger partial charge < -0.3 is 52.1 Å². The van der Waals surface area contributed by atoms with E-state index in [0.717, 1.165) is 90.9 Å². The number of benzene rings is 9. The summed E-state index contributed by atoms with van der Waals surface area (Å²) in [5, 5.41) is 7.09. The highest BCUT2D eigenvalue weighted by molar-refractivity contribution is 5.86. The molecule has 0 N–H and O–H groups in total. The lowest BCUT2D eigenvalue weighted by molar-refractivity contribution is -0.0555. The van der Waals surface area contributed by atoms with Crippen LogP contribution in [0.1, 0.15) is 329 Å². The van der Waals surface area contributed by atoms with E-state index in [9.17, 15) is 17.6 Å². The van der Waals surface area contributed by atoms with Crippen LogP contribution in [-0.2, 0) is 81.9 Å². The van der Waals surface area contributed by atoms with Gasteiger partial charge in [0.15, 0.2) is 0 Å². The van der Waals surface area contributed by atoms with Gasteiger partial charge in [0, 0.05) is 32.7 Å². The minimum absolute atomic E-state index is 0.0503. The molecule has 0 unspecified atom stereocenters. The van der Waals surface area contributed by atoms with Crippen molar-refractivity contribution in [2.24, 2.45) is 17.8 Å². The molecule has 9 aromatic carbocycles. The number of hydrogen-bond donors (Lipinski definition) is 0. The van der Waals surface area contributed by atoms with Crippen LogP contribution in [-0.4, -0.2) is 104 Å². The zero-order valence-electron chi connectivity index (χ0n) is 88.2. The Morgan fingerprint density at radius 2 is 0.654 bits per heavy atom. The standard InChI is InChI=1S/C15H17FO.2C15H18O.C14H22O2.C13H20O2.C12H22F2O.C12H24O.C11H15FO.C11H22O/c1-15(2,3)17-10-12-6-4-5-11-9-13(16)7-8-14(11)12;1-15(2,3)16-11-13-9-6-8-12-7-4-5-10-14(12)13;1-15(2,3)16-11-12-8-9-13-6-4-5-7-14(13)10-12;1-11-12(7-6-8-13(11)15-5)9-10-16-14(2,3)4;1-13(2,3)15-9-8-11-6-5-7-12(10-11)14-4;1-11(2,3)15-9-6-10-4-7-12(13,14)8-5-10;1-12(2,3)13-10-9-11-7-5-4-6-8-11;1-11(2,3)13-8-9-4-6-10(12)7-5-9;1-11(2,3)12-9-8-10-6-4-5-7-10/h4-9H,10H2,1-3H3;2*4-10H,11H2,1-3H3;6-8H,9-10H2,1-5H3;5-7,10H,8-9H2,1-4H3;10H,4-9H2,1-3H3;11H,4-10H2,1-3H3;4-7H,8H2,1-3H3;10H,4-9H2,1-3H3. The number of fused-ring (bicyclic) bond motifs is 3. The predicted molar refractivity (Wildman–Crippen MR) is 552 cm³/mol. The van der Waals surface area contributed by atoms with Crippen LogP contribution in [0.3, 0.4) is 0 Å². The Morgan fingerprint density at radius 1 is 0.286 bits per heavy atom. The van der Waals surface area contributed by atoms with Crippen molar-refractivity contribution in [2.75, 3.05) is 47.3 Å². The van der Waals surface area contributed by atoms with Gasteiger partial charge in [0.05, 0.1) is 104 Å². The number of alkyl halides is 2. The number of methoxy groups -OCH3 is 2. The van der Waals surface area contributed by atoms with Crippen LogP contribution in [0.2, 0.25) is 0 Å². The fourth-order valence-corrected chi connectivity index (χ4v) is 14.6. The van der Waals surface area contributed by atoms with E-state index in [1.165, 1.54) is 138 Å². The molecular formula is C118H178F4O11. The largest absolute Gasteiger partial charge is 0.497 e. The van der Waals surface area contributed by atoms with Crippen molar-refractivity contribution >= 4 is 32.3 Å². The van der Waals surface area contributed by atoms with Gasteiger partial charge in [-0.3, -0.25) is 0 Å². The Labute approximate surface area is 804 Å². The van der Waals surface area contributed by atoms with Crippen molar-refractivity contribution in [3.63, 3.8) is 0 Å². The summed E-state index contributed by atoms with van der Waals surface area (Å²) in [6.07, 6.45) is 19.7. The molecule has 0 bridgehead atoms. The zero-order chi connectivity index (χ0) is 99.3. The van der Waals surface area contributed by atoms with Gasteiger partial charge in [-0.05, 0) is 376 Å². The lowest BCUT2D eigenvalue weighted by atomic mass is 9.85. The second-order valence-electron chi connectivity index (χ2n) is 44.6. The molecule has 0 amide bonds. The Kier molecular flexibility index (Phi) is 51.3. The van der Waals surface area contributed by atoms with Crippen LogP contribution in [0.5, 0.6) is 11.5 Å². The highest BCUT2D eigenvalue weighted by atomic mass is 19.3. The van der Waals surface area contributed by atoms with Crippen LogP contribution < -0.4 is 9.47 Å². The topological polar surface area (TPSA) is 102 Å². The monoisotopic (exact) mass is 1850 g/mol. The van der Waals surface area contributed by atoms with Crippen molar-refractivity contribution in [1.29, 1.82) is 0 Å². The molecule has 0 heterocycles. The minimum atomic E-state index is -2.40. The van der Waals surface area contributed by atoms with Crippen molar-refractivity contribution in [3.8, 4) is 11.5 Å². The Hall–Kier alpha value is -7.28. The lowest BCUT2D eigenvalue weighted by Gasteiger charge is -2.29. The maximum Gasteiger partial charge on any atom is 0.248 e. The average molecular weight is 1850 g/mol. The highest BCUT2D eigenvalue weighted by Crippen LogP contribution is 2.38. The summed E-state index contributed by atoms with van der Waals surface area (Å²) in [5.74, 6) is 1.40. The Balaban J connectivity index is 0.000000314. The average Bonchev–Trinajstić information content (AvgIpc) is 0.957. The summed E-state index contributed by atoms with van der Waals surface area (Å²) >= 11 is 0. The second kappa shape index (κ2) is 57.8. The number of halogens is 4. The second-order valence-corrected chi connectivity index (χ2v) is 44.6. The van der Waals surface area contributed by atoms with E-state index in [-0.39, 0.29) is 74.9 Å². The van der Waals surface area contributed by atoms with Crippen LogP contribution in [0, 0.1) is 36.3 Å². The molecule has 0 spiro atoms. The van der Waals surface area contributed by atoms with Gasteiger partial charge in [-0.1, -0.05) is 197 Å². The van der Waals surface area contributed by atoms with Crippen LogP contribution in [0.15, 0.2) is 188 Å². The first kappa shape index (κ1) is 118. The Bertz CT molecular complexity index is 4610. The zero-order valence-corrected chi connectivity index (χ0v) is 88.2. The third-order valence-corrected chi connectivity index (χ3v) is 22.0. The van der Waals surface area contributed by atoms with E-state index in [1.54, 1.807) is 32.4 Å². The van der Waals surface area contributed by atoms with Crippen molar-refractivity contribution < 1.29 is 69.7 Å². The molecule has 11 nitrogen and oxygen atoms in total. The normalized spacial score (nSPS) is 14.7. The van der Waals surface area contributed by atoms with E-state index < -0.39 is 5.92 Å². The molecule has 744 valence electrons. The van der Waals surface area contributed by atoms with Gasteiger partial charge in [-0.2, -0.15) is 0 Å². The first-order valence-corrected chi connectivity index (χ1v) is 49.2. The lowest BCUT2D eigenvalue weighted by Crippen LogP contribution is -2.26. The van der Waals surface area contributed by atoms with Crippen molar-refractivity contribution in [3.05, 3.63) is 239 Å². The molecule has 15 heteroatoms. The van der Waals surface area contributed by atoms with Gasteiger partial charge in [0.2, 0.25) is 5.92 Å². The predicted octanol–water partition coefficient (Wildman–Crippen LogP) is 33.3. The molecule has 133 heavy (non-hydrogen) atoms. The van der Waals surface area contributed by atoms with E-state index >= 15 is 0 Å². The van der Waals surface area contributed by atoms with E-state index in [2.05, 4.69) is 229 Å². The van der Waals surface area contributed by atoms with Gasteiger partial charge >= 0.3 is 0 Å². The first-order valence-electron chi connectivity index (χ1n) is 49.2. The van der Waals surface area contributed by atoms with E-state index in [0.29, 0.717) is 51.8 Å². The van der Waals surface area contributed by atoms with Crippen LogP contribution in [0.4, 0.5) is 17.6 Å². The molecule has 3 aliphatic carbocycles. The highest BCUT2D eigenvalue weighted by Gasteiger charge is 2.35. The molecule has 0 aliphatic heterocycles. The molecule has 0 saturated heterocycles.